The number of aliphatic hydroxyl groups is 1. The second kappa shape index (κ2) is 5.38. The zero-order valence-electron chi connectivity index (χ0n) is 10.5. The summed E-state index contributed by atoms with van der Waals surface area (Å²) in [6.07, 6.45) is -0.326. The van der Waals surface area contributed by atoms with Crippen molar-refractivity contribution < 1.29 is 13.9 Å². The lowest BCUT2D eigenvalue weighted by molar-refractivity contribution is 0.152. The van der Waals surface area contributed by atoms with Gasteiger partial charge in [-0.1, -0.05) is 34.1 Å². The Bertz CT molecular complexity index is 751. The molecule has 0 aliphatic heterocycles. The minimum absolute atomic E-state index is 0.315. The topological polar surface area (TPSA) is 33.4 Å². The molecule has 2 nitrogen and oxygen atoms in total. The number of halogens is 2. The summed E-state index contributed by atoms with van der Waals surface area (Å²) in [5, 5.41) is 10.9. The maximum Gasteiger partial charge on any atom is 0.134 e. The van der Waals surface area contributed by atoms with Crippen molar-refractivity contribution in [1.82, 2.24) is 0 Å². The van der Waals surface area contributed by atoms with Crippen LogP contribution in [-0.4, -0.2) is 5.11 Å². The van der Waals surface area contributed by atoms with E-state index in [4.69, 9.17) is 4.42 Å². The maximum absolute atomic E-state index is 13.1. The largest absolute Gasteiger partial charge is 0.458 e. The molecule has 0 saturated heterocycles. The van der Waals surface area contributed by atoms with Crippen LogP contribution in [0.4, 0.5) is 4.39 Å². The van der Waals surface area contributed by atoms with Gasteiger partial charge >= 0.3 is 0 Å². The van der Waals surface area contributed by atoms with E-state index in [0.29, 0.717) is 23.2 Å². The predicted octanol–water partition coefficient (Wildman–Crippen LogP) is 4.61. The molecule has 0 amide bonds. The van der Waals surface area contributed by atoms with Crippen LogP contribution in [0.15, 0.2) is 57.4 Å². The van der Waals surface area contributed by atoms with Gasteiger partial charge in [-0.25, -0.2) is 4.39 Å². The molecule has 3 rings (SSSR count). The third kappa shape index (κ3) is 2.62. The van der Waals surface area contributed by atoms with Crippen molar-refractivity contribution in [3.05, 3.63) is 70.1 Å². The van der Waals surface area contributed by atoms with Gasteiger partial charge in [0.25, 0.3) is 0 Å². The van der Waals surface area contributed by atoms with E-state index in [1.54, 1.807) is 12.1 Å². The Hall–Kier alpha value is -1.65. The van der Waals surface area contributed by atoms with Gasteiger partial charge in [-0.15, -0.1) is 0 Å². The summed E-state index contributed by atoms with van der Waals surface area (Å²) in [6, 6.07) is 13.7. The van der Waals surface area contributed by atoms with Crippen LogP contribution in [0.2, 0.25) is 0 Å². The van der Waals surface area contributed by atoms with Crippen LogP contribution in [0, 0.1) is 5.82 Å². The Morgan fingerprint density at radius 3 is 2.75 bits per heavy atom. The summed E-state index contributed by atoms with van der Waals surface area (Å²) in [4.78, 5) is 0. The highest BCUT2D eigenvalue weighted by atomic mass is 79.9. The third-order valence-corrected chi connectivity index (χ3v) is 3.97. The van der Waals surface area contributed by atoms with Crippen molar-refractivity contribution in [3.63, 3.8) is 0 Å². The zero-order valence-corrected chi connectivity index (χ0v) is 12.1. The molecule has 1 aromatic heterocycles. The number of hydrogen-bond acceptors (Lipinski definition) is 2. The molecule has 0 radical (unpaired) electrons. The fourth-order valence-electron chi connectivity index (χ4n) is 2.17. The van der Waals surface area contributed by atoms with E-state index < -0.39 is 6.10 Å². The molecule has 4 heteroatoms. The first-order valence-corrected chi connectivity index (χ1v) is 7.03. The van der Waals surface area contributed by atoms with E-state index >= 15 is 0 Å². The summed E-state index contributed by atoms with van der Waals surface area (Å²) in [6.45, 7) is 0. The second-order valence-corrected chi connectivity index (χ2v) is 5.50. The lowest BCUT2D eigenvalue weighted by Gasteiger charge is -2.09. The quantitative estimate of drug-likeness (QED) is 0.758. The van der Waals surface area contributed by atoms with E-state index in [0.717, 1.165) is 10.0 Å². The highest BCUT2D eigenvalue weighted by molar-refractivity contribution is 9.10. The second-order valence-electron chi connectivity index (χ2n) is 4.64. The molecule has 3 aromatic rings. The van der Waals surface area contributed by atoms with Crippen molar-refractivity contribution in [2.75, 3.05) is 0 Å². The van der Waals surface area contributed by atoms with Gasteiger partial charge in [0.2, 0.25) is 0 Å². The Labute approximate surface area is 124 Å². The number of rotatable bonds is 3. The summed E-state index contributed by atoms with van der Waals surface area (Å²) < 4.78 is 19.6. The molecule has 102 valence electrons. The Morgan fingerprint density at radius 2 is 1.95 bits per heavy atom. The van der Waals surface area contributed by atoms with Gasteiger partial charge in [-0.05, 0) is 35.9 Å². The van der Waals surface area contributed by atoms with Crippen LogP contribution in [0.5, 0.6) is 0 Å². The van der Waals surface area contributed by atoms with E-state index in [9.17, 15) is 9.50 Å². The minimum atomic E-state index is -0.760. The van der Waals surface area contributed by atoms with Crippen LogP contribution in [0.3, 0.4) is 0 Å². The maximum atomic E-state index is 13.1. The van der Waals surface area contributed by atoms with Gasteiger partial charge in [0.15, 0.2) is 0 Å². The summed E-state index contributed by atoms with van der Waals surface area (Å²) in [5.41, 5.74) is 1.57. The van der Waals surface area contributed by atoms with Crippen molar-refractivity contribution in [2.24, 2.45) is 0 Å². The standard InChI is InChI=1S/C16H12BrFO2/c17-13-4-2-1-3-10(13)8-14(19)16-9-11-7-12(18)5-6-15(11)20-16/h1-7,9,14,19H,8H2. The molecule has 2 aromatic carbocycles. The van der Waals surface area contributed by atoms with Crippen molar-refractivity contribution in [3.8, 4) is 0 Å². The Morgan fingerprint density at radius 1 is 1.15 bits per heavy atom. The highest BCUT2D eigenvalue weighted by Gasteiger charge is 2.15. The van der Waals surface area contributed by atoms with Gasteiger partial charge in [-0.3, -0.25) is 0 Å². The number of hydrogen-bond donors (Lipinski definition) is 1. The predicted molar refractivity (Wildman–Crippen MR) is 79.0 cm³/mol. The normalized spacial score (nSPS) is 12.8. The Kier molecular flexibility index (Phi) is 3.59. The van der Waals surface area contributed by atoms with Crippen molar-refractivity contribution in [2.45, 2.75) is 12.5 Å². The van der Waals surface area contributed by atoms with Gasteiger partial charge in [0.05, 0.1) is 0 Å². The van der Waals surface area contributed by atoms with Crippen molar-refractivity contribution >= 4 is 26.9 Å². The van der Waals surface area contributed by atoms with Crippen LogP contribution >= 0.6 is 15.9 Å². The summed E-state index contributed by atoms with van der Waals surface area (Å²) >= 11 is 3.45. The van der Waals surface area contributed by atoms with Crippen LogP contribution in [-0.2, 0) is 6.42 Å². The Balaban J connectivity index is 1.89. The minimum Gasteiger partial charge on any atom is -0.458 e. The van der Waals surface area contributed by atoms with Gasteiger partial charge < -0.3 is 9.52 Å². The molecule has 1 atom stereocenters. The number of fused-ring (bicyclic) bond motifs is 1. The van der Waals surface area contributed by atoms with Crippen LogP contribution < -0.4 is 0 Å². The first kappa shape index (κ1) is 13.3. The van der Waals surface area contributed by atoms with Gasteiger partial charge in [-0.2, -0.15) is 0 Å². The molecule has 0 bridgehead atoms. The first-order chi connectivity index (χ1) is 9.63. The number of furan rings is 1. The lowest BCUT2D eigenvalue weighted by Crippen LogP contribution is -2.00. The average Bonchev–Trinajstić information content (AvgIpc) is 2.84. The smallest absolute Gasteiger partial charge is 0.134 e. The van der Waals surface area contributed by atoms with Gasteiger partial charge in [0.1, 0.15) is 23.3 Å². The summed E-state index contributed by atoms with van der Waals surface area (Å²) in [7, 11) is 0. The average molecular weight is 335 g/mol. The molecule has 20 heavy (non-hydrogen) atoms. The molecule has 1 N–H and O–H groups in total. The number of benzene rings is 2. The molecule has 0 saturated carbocycles. The molecule has 1 heterocycles. The van der Waals surface area contributed by atoms with Gasteiger partial charge in [0, 0.05) is 16.3 Å². The SMILES string of the molecule is OC(Cc1ccccc1Br)c1cc2cc(F)ccc2o1. The van der Waals surface area contributed by atoms with Crippen LogP contribution in [0.25, 0.3) is 11.0 Å². The number of aliphatic hydroxyl groups excluding tert-OH is 1. The zero-order chi connectivity index (χ0) is 14.1. The molecule has 0 fully saturated rings. The van der Waals surface area contributed by atoms with Crippen molar-refractivity contribution in [1.29, 1.82) is 0 Å². The van der Waals surface area contributed by atoms with Crippen LogP contribution in [0.1, 0.15) is 17.4 Å². The van der Waals surface area contributed by atoms with E-state index in [2.05, 4.69) is 15.9 Å². The molecular weight excluding hydrogens is 323 g/mol. The molecular formula is C16H12BrFO2. The monoisotopic (exact) mass is 334 g/mol. The fourth-order valence-corrected chi connectivity index (χ4v) is 2.62. The lowest BCUT2D eigenvalue weighted by atomic mass is 10.1. The highest BCUT2D eigenvalue weighted by Crippen LogP contribution is 2.28. The molecule has 0 spiro atoms. The fraction of sp³-hybridized carbons (Fsp3) is 0.125. The summed E-state index contributed by atoms with van der Waals surface area (Å²) in [5.74, 6) is 0.131. The van der Waals surface area contributed by atoms with E-state index in [1.807, 2.05) is 24.3 Å². The molecule has 1 unspecified atom stereocenters. The third-order valence-electron chi connectivity index (χ3n) is 3.20. The molecule has 0 aliphatic rings. The van der Waals surface area contributed by atoms with E-state index in [1.165, 1.54) is 12.1 Å². The van der Waals surface area contributed by atoms with E-state index in [-0.39, 0.29) is 5.82 Å². The molecule has 0 aliphatic carbocycles. The first-order valence-electron chi connectivity index (χ1n) is 6.24.